The number of hydrogen-bond acceptors (Lipinski definition) is 0. The molecule has 0 bridgehead atoms. The van der Waals surface area contributed by atoms with Gasteiger partial charge in [-0.05, 0) is 0 Å². The second-order valence-corrected chi connectivity index (χ2v) is 2.87. The van der Waals surface area contributed by atoms with Crippen LogP contribution in [-0.4, -0.2) is 58.4 Å². The Hall–Kier alpha value is 1.64. The average Bonchev–Trinajstić information content (AvgIpc) is 0.722. The van der Waals surface area contributed by atoms with Crippen LogP contribution in [0.25, 0.3) is 0 Å². The van der Waals surface area contributed by atoms with Crippen LogP contribution in [0.4, 0.5) is 11.5 Å². The molecule has 0 amide bonds. The first-order valence-corrected chi connectivity index (χ1v) is 5.07. The molecule has 8 heavy (non-hydrogen) atoms. The molecule has 0 heterocycles. The maximum atomic E-state index is 9.90. The van der Waals surface area contributed by atoms with E-state index in [-0.39, 0.29) is 47.1 Å². The van der Waals surface area contributed by atoms with Crippen LogP contribution in [-0.2, 0) is 0 Å². The van der Waals surface area contributed by atoms with E-state index in [1.807, 2.05) is 0 Å². The summed E-state index contributed by atoms with van der Waals surface area (Å²) in [5.41, 5.74) is 0. The van der Waals surface area contributed by atoms with Gasteiger partial charge in [0, 0.05) is 0 Å². The summed E-state index contributed by atoms with van der Waals surface area (Å²) in [7, 11) is 0. The molecule has 0 aliphatic heterocycles. The van der Waals surface area contributed by atoms with Crippen molar-refractivity contribution in [3.8, 4) is 0 Å². The van der Waals surface area contributed by atoms with Crippen LogP contribution < -0.4 is 9.41 Å². The van der Waals surface area contributed by atoms with E-state index in [0.717, 1.165) is 0 Å². The van der Waals surface area contributed by atoms with Gasteiger partial charge in [-0.3, -0.25) is 0 Å². The second-order valence-electron chi connectivity index (χ2n) is 0.429. The van der Waals surface area contributed by atoms with Crippen molar-refractivity contribution in [1.82, 2.24) is 0 Å². The topological polar surface area (TPSA) is 0 Å². The quantitative estimate of drug-likeness (QED) is 0.306. The van der Waals surface area contributed by atoms with Gasteiger partial charge < -0.3 is 9.41 Å². The molecule has 0 aliphatic carbocycles. The third kappa shape index (κ3) is 125. The molecule has 0 spiro atoms. The van der Waals surface area contributed by atoms with E-state index in [4.69, 9.17) is 0 Å². The van der Waals surface area contributed by atoms with Gasteiger partial charge >= 0.3 is 69.9 Å². The van der Waals surface area contributed by atoms with Crippen molar-refractivity contribution in [3.05, 3.63) is 0 Å². The van der Waals surface area contributed by atoms with Crippen molar-refractivity contribution >= 4 is 58.4 Å². The summed E-state index contributed by atoms with van der Waals surface area (Å²) in [6.07, 6.45) is 0. The minimum absolute atomic E-state index is 0. The van der Waals surface area contributed by atoms with E-state index in [9.17, 15) is 11.5 Å². The van der Waals surface area contributed by atoms with Crippen molar-refractivity contribution < 1.29 is 20.9 Å². The molecule has 0 fully saturated rings. The van der Waals surface area contributed by atoms with Crippen LogP contribution in [0, 0.1) is 0 Å². The summed E-state index contributed by atoms with van der Waals surface area (Å²) in [6.45, 7) is 0. The van der Waals surface area contributed by atoms with Crippen LogP contribution in [0.5, 0.6) is 0 Å². The molecule has 0 rings (SSSR count). The van der Waals surface area contributed by atoms with E-state index in [0.29, 0.717) is 0 Å². The van der Waals surface area contributed by atoms with Crippen LogP contribution in [0.3, 0.4) is 0 Å². The standard InChI is InChI=1S/Ca.6FH.Sn/h;6*1H;/q+2;;;;;;;+4/p-6. The Balaban J connectivity index is -0.0000000267. The third-order valence-corrected chi connectivity index (χ3v) is 0. The maximum absolute atomic E-state index is 9.90. The van der Waals surface area contributed by atoms with E-state index in [1.54, 1.807) is 0 Å². The summed E-state index contributed by atoms with van der Waals surface area (Å²) in [6, 6.07) is 0. The molecule has 0 atom stereocenters. The molecular formula is CaF6Sn. The zero-order chi connectivity index (χ0) is 4.50. The fraction of sp³-hybridized carbons (Fsp3) is 0. The first kappa shape index (κ1) is 22.6. The minimum atomic E-state index is -7.18. The summed E-state index contributed by atoms with van der Waals surface area (Å²) >= 11 is -7.18. The van der Waals surface area contributed by atoms with Gasteiger partial charge in [0.05, 0.1) is 0 Å². The van der Waals surface area contributed by atoms with E-state index in [2.05, 4.69) is 0 Å². The zero-order valence-corrected chi connectivity index (χ0v) is 8.54. The van der Waals surface area contributed by atoms with E-state index >= 15 is 0 Å². The van der Waals surface area contributed by atoms with Crippen molar-refractivity contribution in [2.75, 3.05) is 0 Å². The van der Waals surface area contributed by atoms with Gasteiger partial charge in [-0.25, -0.2) is 0 Å². The molecular weight excluding hydrogens is 273 g/mol. The Morgan fingerprint density at radius 2 is 0.750 bits per heavy atom. The van der Waals surface area contributed by atoms with Gasteiger partial charge in [0.25, 0.3) is 0 Å². The van der Waals surface area contributed by atoms with Crippen molar-refractivity contribution in [1.29, 1.82) is 0 Å². The molecule has 0 saturated heterocycles. The van der Waals surface area contributed by atoms with E-state index in [1.165, 1.54) is 0 Å². The Morgan fingerprint density at radius 3 is 0.750 bits per heavy atom. The van der Waals surface area contributed by atoms with Crippen LogP contribution >= 0.6 is 0 Å². The molecule has 0 aromatic carbocycles. The summed E-state index contributed by atoms with van der Waals surface area (Å²) in [5, 5.41) is 0. The van der Waals surface area contributed by atoms with E-state index < -0.39 is 20.7 Å². The number of halogens is 6. The average molecular weight is 273 g/mol. The van der Waals surface area contributed by atoms with Gasteiger partial charge in [-0.15, -0.1) is 0 Å². The molecule has 0 aromatic rings. The molecule has 0 radical (unpaired) electrons. The normalized spacial score (nSPS) is 7.50. The SMILES string of the molecule is [Ca+2].[F-].[F-].[F][Sn]([F])([F])[F]. The Labute approximate surface area is 78.3 Å². The fourth-order valence-electron chi connectivity index (χ4n) is 0. The molecule has 0 N–H and O–H groups in total. The predicted octanol–water partition coefficient (Wildman–Crippen LogP) is -5.07. The first-order valence-electron chi connectivity index (χ1n) is 0.756. The van der Waals surface area contributed by atoms with Crippen molar-refractivity contribution in [2.24, 2.45) is 0 Å². The Morgan fingerprint density at radius 1 is 0.750 bits per heavy atom. The molecule has 0 aliphatic rings. The Bertz CT molecular complexity index is 24.0. The fourth-order valence-corrected chi connectivity index (χ4v) is 0. The zero-order valence-electron chi connectivity index (χ0n) is 3.47. The second kappa shape index (κ2) is 8.64. The van der Waals surface area contributed by atoms with Gasteiger partial charge in [-0.2, -0.15) is 0 Å². The number of rotatable bonds is 0. The van der Waals surface area contributed by atoms with Crippen LogP contribution in [0.15, 0.2) is 0 Å². The summed E-state index contributed by atoms with van der Waals surface area (Å²) in [5.74, 6) is 0. The molecule has 48 valence electrons. The van der Waals surface area contributed by atoms with Crippen LogP contribution in [0.2, 0.25) is 0 Å². The Kier molecular flexibility index (Phi) is 24.4. The predicted molar refractivity (Wildman–Crippen MR) is 15.9 cm³/mol. The summed E-state index contributed by atoms with van der Waals surface area (Å²) < 4.78 is 39.6. The van der Waals surface area contributed by atoms with Gasteiger partial charge in [0.2, 0.25) is 0 Å². The number of hydrogen-bond donors (Lipinski definition) is 0. The first-order chi connectivity index (χ1) is 2.00. The van der Waals surface area contributed by atoms with Crippen molar-refractivity contribution in [2.45, 2.75) is 0 Å². The molecule has 0 aromatic heterocycles. The molecule has 8 heteroatoms. The third-order valence-electron chi connectivity index (χ3n) is 0. The van der Waals surface area contributed by atoms with Gasteiger partial charge in [-0.1, -0.05) is 0 Å². The van der Waals surface area contributed by atoms with Gasteiger partial charge in [0.15, 0.2) is 0 Å². The van der Waals surface area contributed by atoms with Crippen LogP contribution in [0.1, 0.15) is 0 Å². The van der Waals surface area contributed by atoms with Crippen molar-refractivity contribution in [3.63, 3.8) is 0 Å². The monoisotopic (exact) mass is 274 g/mol. The summed E-state index contributed by atoms with van der Waals surface area (Å²) in [4.78, 5) is 0. The molecule has 0 nitrogen and oxygen atoms in total. The van der Waals surface area contributed by atoms with Gasteiger partial charge in [0.1, 0.15) is 0 Å². The molecule has 0 saturated carbocycles. The molecule has 0 unspecified atom stereocenters.